The average molecular weight is 263 g/mol. The zero-order valence-electron chi connectivity index (χ0n) is 11.2. The van der Waals surface area contributed by atoms with Crippen LogP contribution < -0.4 is 9.64 Å². The molecule has 1 aliphatic heterocycles. The van der Waals surface area contributed by atoms with Gasteiger partial charge in [0, 0.05) is 0 Å². The van der Waals surface area contributed by atoms with Crippen LogP contribution in [0, 0.1) is 0 Å². The Balaban J connectivity index is 2.50. The summed E-state index contributed by atoms with van der Waals surface area (Å²) in [5, 5.41) is 9.13. The van der Waals surface area contributed by atoms with Crippen molar-refractivity contribution in [3.63, 3.8) is 0 Å². The normalized spacial score (nSPS) is 19.7. The van der Waals surface area contributed by atoms with Gasteiger partial charge in [0.15, 0.2) is 11.9 Å². The monoisotopic (exact) mass is 263 g/mol. The first-order chi connectivity index (χ1) is 8.95. The molecule has 1 aliphatic rings. The topological polar surface area (TPSA) is 66.8 Å². The van der Waals surface area contributed by atoms with Crippen LogP contribution in [0.15, 0.2) is 18.2 Å². The smallest absolute Gasteiger partial charge is 0.268 e. The molecule has 0 aliphatic carbocycles. The molecule has 1 aromatic carbocycles. The first kappa shape index (κ1) is 13.5. The summed E-state index contributed by atoms with van der Waals surface area (Å²) in [5.41, 5.74) is 1.28. The quantitative estimate of drug-likeness (QED) is 0.891. The summed E-state index contributed by atoms with van der Waals surface area (Å²) in [6, 6.07) is 4.57. The molecule has 0 bridgehead atoms. The maximum Gasteiger partial charge on any atom is 0.268 e. The predicted molar refractivity (Wildman–Crippen MR) is 70.1 cm³/mol. The molecular formula is C14H17NO4. The van der Waals surface area contributed by atoms with Crippen LogP contribution in [-0.4, -0.2) is 28.9 Å². The Morgan fingerprint density at radius 2 is 2.21 bits per heavy atom. The molecule has 0 saturated heterocycles. The summed E-state index contributed by atoms with van der Waals surface area (Å²) in [4.78, 5) is 25.2. The number of aliphatic hydroxyl groups excluding tert-OH is 1. The standard InChI is InChI=1S/C14H17NO4/c1-8(9(2)17)15-12-5-4-11(7-16)6-13(12)19-10(3)14(15)18/h4-6,8,10,16H,7H2,1-3H3. The Labute approximate surface area is 111 Å². The lowest BCUT2D eigenvalue weighted by atomic mass is 10.1. The fraction of sp³-hybridized carbons (Fsp3) is 0.429. The number of rotatable bonds is 3. The number of Topliss-reactive ketones (excluding diaryl/α,β-unsaturated/α-hetero) is 1. The van der Waals surface area contributed by atoms with Gasteiger partial charge in [-0.15, -0.1) is 0 Å². The number of ether oxygens (including phenoxy) is 1. The molecule has 1 aromatic rings. The fourth-order valence-electron chi connectivity index (χ4n) is 2.09. The van der Waals surface area contributed by atoms with Crippen molar-refractivity contribution in [2.75, 3.05) is 4.90 Å². The maximum atomic E-state index is 12.2. The minimum absolute atomic E-state index is 0.0837. The molecular weight excluding hydrogens is 246 g/mol. The summed E-state index contributed by atoms with van der Waals surface area (Å²) in [6.07, 6.45) is -0.636. The fourth-order valence-corrected chi connectivity index (χ4v) is 2.09. The number of aliphatic hydroxyl groups is 1. The third-order valence-electron chi connectivity index (χ3n) is 3.33. The van der Waals surface area contributed by atoms with E-state index in [0.717, 1.165) is 0 Å². The van der Waals surface area contributed by atoms with E-state index in [1.807, 2.05) is 0 Å². The summed E-state index contributed by atoms with van der Waals surface area (Å²) < 4.78 is 5.53. The van der Waals surface area contributed by atoms with E-state index in [-0.39, 0.29) is 18.3 Å². The number of hydrogen-bond acceptors (Lipinski definition) is 4. The Hall–Kier alpha value is -1.88. The van der Waals surface area contributed by atoms with Gasteiger partial charge in [0.1, 0.15) is 5.75 Å². The van der Waals surface area contributed by atoms with Gasteiger partial charge in [-0.3, -0.25) is 14.5 Å². The molecule has 0 radical (unpaired) electrons. The van der Waals surface area contributed by atoms with Crippen LogP contribution >= 0.6 is 0 Å². The van der Waals surface area contributed by atoms with Crippen LogP contribution in [0.4, 0.5) is 5.69 Å². The van der Waals surface area contributed by atoms with Crippen molar-refractivity contribution in [3.05, 3.63) is 23.8 Å². The van der Waals surface area contributed by atoms with Crippen LogP contribution in [0.25, 0.3) is 0 Å². The van der Waals surface area contributed by atoms with Gasteiger partial charge in [-0.1, -0.05) is 6.07 Å². The number of amides is 1. The van der Waals surface area contributed by atoms with Crippen LogP contribution in [0.2, 0.25) is 0 Å². The zero-order chi connectivity index (χ0) is 14.2. The lowest BCUT2D eigenvalue weighted by molar-refractivity contribution is -0.128. The number of benzene rings is 1. The SMILES string of the molecule is CC(=O)C(C)N1C(=O)C(C)Oc2cc(CO)ccc21. The number of fused-ring (bicyclic) bond motifs is 1. The molecule has 1 N–H and O–H groups in total. The first-order valence-electron chi connectivity index (χ1n) is 6.19. The molecule has 5 nitrogen and oxygen atoms in total. The highest BCUT2D eigenvalue weighted by Gasteiger charge is 2.35. The Bertz CT molecular complexity index is 526. The number of anilines is 1. The molecule has 1 amide bonds. The van der Waals surface area contributed by atoms with E-state index >= 15 is 0 Å². The van der Waals surface area contributed by atoms with Gasteiger partial charge in [0.25, 0.3) is 5.91 Å². The first-order valence-corrected chi connectivity index (χ1v) is 6.19. The number of hydrogen-bond donors (Lipinski definition) is 1. The van der Waals surface area contributed by atoms with Gasteiger partial charge in [-0.25, -0.2) is 0 Å². The summed E-state index contributed by atoms with van der Waals surface area (Å²) in [5.74, 6) is 0.207. The van der Waals surface area contributed by atoms with Gasteiger partial charge < -0.3 is 9.84 Å². The van der Waals surface area contributed by atoms with Crippen LogP contribution in [-0.2, 0) is 16.2 Å². The molecule has 1 heterocycles. The largest absolute Gasteiger partial charge is 0.479 e. The zero-order valence-corrected chi connectivity index (χ0v) is 11.2. The minimum atomic E-state index is -0.636. The molecule has 102 valence electrons. The summed E-state index contributed by atoms with van der Waals surface area (Å²) in [6.45, 7) is 4.71. The highest BCUT2D eigenvalue weighted by Crippen LogP contribution is 2.36. The second-order valence-corrected chi connectivity index (χ2v) is 4.72. The lowest BCUT2D eigenvalue weighted by Gasteiger charge is -2.36. The van der Waals surface area contributed by atoms with Crippen LogP contribution in [0.5, 0.6) is 5.75 Å². The molecule has 0 fully saturated rings. The molecule has 19 heavy (non-hydrogen) atoms. The molecule has 2 atom stereocenters. The number of nitrogens with zero attached hydrogens (tertiary/aromatic N) is 1. The number of ketones is 1. The maximum absolute atomic E-state index is 12.2. The Morgan fingerprint density at radius 3 is 2.79 bits per heavy atom. The van der Waals surface area contributed by atoms with Gasteiger partial charge in [0.05, 0.1) is 18.3 Å². The third-order valence-corrected chi connectivity index (χ3v) is 3.33. The van der Waals surface area contributed by atoms with Gasteiger partial charge in [-0.2, -0.15) is 0 Å². The van der Waals surface area contributed by atoms with E-state index < -0.39 is 12.1 Å². The minimum Gasteiger partial charge on any atom is -0.479 e. The molecule has 2 unspecified atom stereocenters. The Kier molecular flexibility index (Phi) is 3.57. The average Bonchev–Trinajstić information content (AvgIpc) is 2.39. The van der Waals surface area contributed by atoms with Gasteiger partial charge in [0.2, 0.25) is 0 Å². The molecule has 5 heteroatoms. The van der Waals surface area contributed by atoms with Crippen LogP contribution in [0.3, 0.4) is 0 Å². The van der Waals surface area contributed by atoms with Crippen LogP contribution in [0.1, 0.15) is 26.3 Å². The van der Waals surface area contributed by atoms with E-state index in [1.54, 1.807) is 32.0 Å². The van der Waals surface area contributed by atoms with Crippen molar-refractivity contribution < 1.29 is 19.4 Å². The second kappa shape index (κ2) is 5.01. The molecule has 0 spiro atoms. The molecule has 0 aromatic heterocycles. The van der Waals surface area contributed by atoms with Crippen molar-refractivity contribution in [2.24, 2.45) is 0 Å². The van der Waals surface area contributed by atoms with Crippen molar-refractivity contribution >= 4 is 17.4 Å². The third kappa shape index (κ3) is 2.33. The predicted octanol–water partition coefficient (Wildman–Crippen LogP) is 1.27. The summed E-state index contributed by atoms with van der Waals surface area (Å²) >= 11 is 0. The number of carbonyl (C=O) groups is 2. The Morgan fingerprint density at radius 1 is 1.53 bits per heavy atom. The highest BCUT2D eigenvalue weighted by molar-refractivity contribution is 6.05. The lowest BCUT2D eigenvalue weighted by Crippen LogP contribution is -2.51. The second-order valence-electron chi connectivity index (χ2n) is 4.72. The van der Waals surface area contributed by atoms with Crippen molar-refractivity contribution in [2.45, 2.75) is 39.5 Å². The molecule has 2 rings (SSSR count). The van der Waals surface area contributed by atoms with E-state index in [2.05, 4.69) is 0 Å². The van der Waals surface area contributed by atoms with Crippen molar-refractivity contribution in [1.29, 1.82) is 0 Å². The van der Waals surface area contributed by atoms with Gasteiger partial charge in [-0.05, 0) is 38.5 Å². The van der Waals surface area contributed by atoms with Crippen molar-refractivity contribution in [1.82, 2.24) is 0 Å². The van der Waals surface area contributed by atoms with E-state index in [0.29, 0.717) is 17.0 Å². The van der Waals surface area contributed by atoms with Crippen molar-refractivity contribution in [3.8, 4) is 5.75 Å². The van der Waals surface area contributed by atoms with E-state index in [1.165, 1.54) is 11.8 Å². The van der Waals surface area contributed by atoms with E-state index in [9.17, 15) is 9.59 Å². The molecule has 0 saturated carbocycles. The highest BCUT2D eigenvalue weighted by atomic mass is 16.5. The van der Waals surface area contributed by atoms with Gasteiger partial charge >= 0.3 is 0 Å². The van der Waals surface area contributed by atoms with E-state index in [4.69, 9.17) is 9.84 Å². The number of carbonyl (C=O) groups excluding carboxylic acids is 2. The summed E-state index contributed by atoms with van der Waals surface area (Å²) in [7, 11) is 0.